The zero-order valence-corrected chi connectivity index (χ0v) is 10.4. The molecule has 3 aromatic rings. The minimum absolute atomic E-state index is 0.187. The maximum absolute atomic E-state index is 11.6. The summed E-state index contributed by atoms with van der Waals surface area (Å²) in [5.41, 5.74) is 0.843. The van der Waals surface area contributed by atoms with Gasteiger partial charge in [-0.05, 0) is 36.4 Å². The Kier molecular flexibility index (Phi) is 2.89. The molecule has 94 valence electrons. The normalized spacial score (nSPS) is 10.6. The lowest BCUT2D eigenvalue weighted by Gasteiger charge is -1.93. The largest absolute Gasteiger partial charge is 0.333 e. The third kappa shape index (κ3) is 2.28. The Bertz CT molecular complexity index is 762. The molecule has 19 heavy (non-hydrogen) atoms. The number of hydrogen-bond donors (Lipinski definition) is 1. The first-order valence-electron chi connectivity index (χ1n) is 5.52. The summed E-state index contributed by atoms with van der Waals surface area (Å²) in [6.45, 7) is 0. The van der Waals surface area contributed by atoms with Gasteiger partial charge < -0.3 is 9.51 Å². The molecule has 0 amide bonds. The van der Waals surface area contributed by atoms with Crippen LogP contribution in [0.2, 0.25) is 5.02 Å². The highest BCUT2D eigenvalue weighted by atomic mass is 35.5. The van der Waals surface area contributed by atoms with Gasteiger partial charge in [-0.2, -0.15) is 4.98 Å². The number of aromatic amines is 1. The van der Waals surface area contributed by atoms with Crippen LogP contribution in [0.3, 0.4) is 0 Å². The lowest BCUT2D eigenvalue weighted by Crippen LogP contribution is -2.06. The molecule has 0 fully saturated rings. The summed E-state index contributed by atoms with van der Waals surface area (Å²) in [5, 5.41) is 4.48. The van der Waals surface area contributed by atoms with Crippen LogP contribution in [0.15, 0.2) is 51.9 Å². The van der Waals surface area contributed by atoms with Crippen LogP contribution in [0.4, 0.5) is 0 Å². The predicted molar refractivity (Wildman–Crippen MR) is 70.8 cm³/mol. The number of H-pyrrole nitrogens is 1. The van der Waals surface area contributed by atoms with Gasteiger partial charge in [-0.25, -0.2) is 0 Å². The van der Waals surface area contributed by atoms with Crippen LogP contribution in [-0.4, -0.2) is 15.1 Å². The van der Waals surface area contributed by atoms with Crippen LogP contribution in [-0.2, 0) is 0 Å². The van der Waals surface area contributed by atoms with Gasteiger partial charge in [-0.15, -0.1) is 0 Å². The molecule has 6 heteroatoms. The molecule has 2 aromatic heterocycles. The second-order valence-corrected chi connectivity index (χ2v) is 4.28. The fourth-order valence-electron chi connectivity index (χ4n) is 1.64. The summed E-state index contributed by atoms with van der Waals surface area (Å²) in [7, 11) is 0. The topological polar surface area (TPSA) is 71.8 Å². The first-order chi connectivity index (χ1) is 9.24. The van der Waals surface area contributed by atoms with Crippen molar-refractivity contribution in [3.05, 3.63) is 58.0 Å². The molecule has 0 radical (unpaired) electrons. The summed E-state index contributed by atoms with van der Waals surface area (Å²) in [6, 6.07) is 10.4. The number of hydrogen-bond acceptors (Lipinski definition) is 4. The van der Waals surface area contributed by atoms with E-state index in [2.05, 4.69) is 15.1 Å². The van der Waals surface area contributed by atoms with Gasteiger partial charge in [0.2, 0.25) is 5.82 Å². The maximum atomic E-state index is 11.6. The monoisotopic (exact) mass is 273 g/mol. The molecule has 0 saturated heterocycles. The lowest BCUT2D eigenvalue weighted by molar-refractivity contribution is 0.432. The van der Waals surface area contributed by atoms with E-state index in [1.54, 1.807) is 42.6 Å². The van der Waals surface area contributed by atoms with Gasteiger partial charge in [0.1, 0.15) is 5.56 Å². The second-order valence-electron chi connectivity index (χ2n) is 3.84. The summed E-state index contributed by atoms with van der Waals surface area (Å²) in [4.78, 5) is 18.4. The van der Waals surface area contributed by atoms with Crippen molar-refractivity contribution in [2.75, 3.05) is 0 Å². The molecule has 0 aliphatic rings. The maximum Gasteiger partial charge on any atom is 0.263 e. The Balaban J connectivity index is 2.02. The molecule has 0 aliphatic carbocycles. The molecular weight excluding hydrogens is 266 g/mol. The number of benzene rings is 1. The molecule has 3 rings (SSSR count). The Morgan fingerprint density at radius 3 is 2.68 bits per heavy atom. The van der Waals surface area contributed by atoms with Crippen molar-refractivity contribution < 1.29 is 4.52 Å². The van der Waals surface area contributed by atoms with E-state index in [1.165, 1.54) is 0 Å². The standard InChI is InChI=1S/C13H8ClN3O2/c14-9-5-3-8(4-6-9)11-16-13(19-17-11)10-2-1-7-15-12(10)18/h1-7H,(H,15,18). The van der Waals surface area contributed by atoms with E-state index in [9.17, 15) is 4.79 Å². The molecule has 0 bridgehead atoms. The van der Waals surface area contributed by atoms with E-state index < -0.39 is 0 Å². The molecule has 1 N–H and O–H groups in total. The van der Waals surface area contributed by atoms with E-state index in [0.717, 1.165) is 5.56 Å². The fraction of sp³-hybridized carbons (Fsp3) is 0. The van der Waals surface area contributed by atoms with Gasteiger partial charge in [0.05, 0.1) is 0 Å². The second kappa shape index (κ2) is 4.70. The Morgan fingerprint density at radius 1 is 1.16 bits per heavy atom. The van der Waals surface area contributed by atoms with Crippen LogP contribution in [0.1, 0.15) is 0 Å². The third-order valence-electron chi connectivity index (χ3n) is 2.58. The average molecular weight is 274 g/mol. The smallest absolute Gasteiger partial charge is 0.263 e. The number of aromatic nitrogens is 3. The van der Waals surface area contributed by atoms with Crippen LogP contribution >= 0.6 is 11.6 Å². The van der Waals surface area contributed by atoms with E-state index >= 15 is 0 Å². The Morgan fingerprint density at radius 2 is 1.95 bits per heavy atom. The van der Waals surface area contributed by atoms with Gasteiger partial charge in [-0.1, -0.05) is 16.8 Å². The molecule has 1 aromatic carbocycles. The van der Waals surface area contributed by atoms with E-state index in [4.69, 9.17) is 16.1 Å². The minimum Gasteiger partial charge on any atom is -0.333 e. The molecule has 0 unspecified atom stereocenters. The first-order valence-corrected chi connectivity index (χ1v) is 5.89. The first kappa shape index (κ1) is 11.7. The average Bonchev–Trinajstić information content (AvgIpc) is 2.89. The van der Waals surface area contributed by atoms with Crippen LogP contribution < -0.4 is 5.56 Å². The summed E-state index contributed by atoms with van der Waals surface area (Å²) >= 11 is 5.81. The summed E-state index contributed by atoms with van der Waals surface area (Å²) < 4.78 is 5.10. The SMILES string of the molecule is O=c1[nH]cccc1-c1nc(-c2ccc(Cl)cc2)no1. The Hall–Kier alpha value is -2.40. The highest BCUT2D eigenvalue weighted by Crippen LogP contribution is 2.21. The Labute approximate surface area is 112 Å². The predicted octanol–water partition coefficient (Wildman–Crippen LogP) is 2.75. The number of nitrogens with one attached hydrogen (secondary N) is 1. The molecule has 0 atom stereocenters. The third-order valence-corrected chi connectivity index (χ3v) is 2.83. The number of nitrogens with zero attached hydrogens (tertiary/aromatic N) is 2. The van der Waals surface area contributed by atoms with Gasteiger partial charge >= 0.3 is 0 Å². The molecule has 0 spiro atoms. The van der Waals surface area contributed by atoms with Gasteiger partial charge in [-0.3, -0.25) is 4.79 Å². The van der Waals surface area contributed by atoms with Crippen LogP contribution in [0.25, 0.3) is 22.8 Å². The number of pyridine rings is 1. The van der Waals surface area contributed by atoms with Crippen molar-refractivity contribution >= 4 is 11.6 Å². The van der Waals surface area contributed by atoms with Crippen molar-refractivity contribution in [2.45, 2.75) is 0 Å². The zero-order valence-electron chi connectivity index (χ0n) is 9.63. The fourth-order valence-corrected chi connectivity index (χ4v) is 1.77. The molecular formula is C13H8ClN3O2. The van der Waals surface area contributed by atoms with Crippen molar-refractivity contribution in [3.8, 4) is 22.8 Å². The molecule has 0 aliphatic heterocycles. The van der Waals surface area contributed by atoms with Gasteiger partial charge in [0.15, 0.2) is 0 Å². The summed E-state index contributed by atoms with van der Waals surface area (Å²) in [5.74, 6) is 0.599. The van der Waals surface area contributed by atoms with E-state index in [0.29, 0.717) is 16.4 Å². The van der Waals surface area contributed by atoms with Crippen LogP contribution in [0, 0.1) is 0 Å². The van der Waals surface area contributed by atoms with Gasteiger partial charge in [0.25, 0.3) is 11.4 Å². The van der Waals surface area contributed by atoms with Crippen molar-refractivity contribution in [1.29, 1.82) is 0 Å². The van der Waals surface area contributed by atoms with Crippen molar-refractivity contribution in [3.63, 3.8) is 0 Å². The highest BCUT2D eigenvalue weighted by molar-refractivity contribution is 6.30. The van der Waals surface area contributed by atoms with E-state index in [1.807, 2.05) is 0 Å². The zero-order chi connectivity index (χ0) is 13.2. The van der Waals surface area contributed by atoms with E-state index in [-0.39, 0.29) is 11.4 Å². The van der Waals surface area contributed by atoms with Crippen LogP contribution in [0.5, 0.6) is 0 Å². The number of halogens is 1. The van der Waals surface area contributed by atoms with Crippen molar-refractivity contribution in [2.24, 2.45) is 0 Å². The van der Waals surface area contributed by atoms with Crippen molar-refractivity contribution in [1.82, 2.24) is 15.1 Å². The molecule has 5 nitrogen and oxygen atoms in total. The molecule has 0 saturated carbocycles. The summed E-state index contributed by atoms with van der Waals surface area (Å²) in [6.07, 6.45) is 1.54. The quantitative estimate of drug-likeness (QED) is 0.779. The molecule has 2 heterocycles. The minimum atomic E-state index is -0.270. The highest BCUT2D eigenvalue weighted by Gasteiger charge is 2.12. The number of rotatable bonds is 2. The van der Waals surface area contributed by atoms with Gasteiger partial charge in [0, 0.05) is 16.8 Å². The lowest BCUT2D eigenvalue weighted by atomic mass is 10.2.